The van der Waals surface area contributed by atoms with Crippen molar-refractivity contribution in [2.24, 2.45) is 0 Å². The predicted molar refractivity (Wildman–Crippen MR) is 98.5 cm³/mol. The first-order chi connectivity index (χ1) is 13.7. The van der Waals surface area contributed by atoms with Gasteiger partial charge in [0.1, 0.15) is 30.5 Å². The van der Waals surface area contributed by atoms with Crippen LogP contribution in [0.4, 0.5) is 0 Å². The van der Waals surface area contributed by atoms with E-state index in [4.69, 9.17) is 23.7 Å². The van der Waals surface area contributed by atoms with Gasteiger partial charge in [0.2, 0.25) is 12.6 Å². The van der Waals surface area contributed by atoms with E-state index >= 15 is 0 Å². The molecule has 0 bridgehead atoms. The Morgan fingerprint density at radius 2 is 1.62 bits per heavy atom. The van der Waals surface area contributed by atoms with Crippen LogP contribution in [-0.2, 0) is 23.7 Å². The van der Waals surface area contributed by atoms with E-state index in [1.807, 2.05) is 13.8 Å². The van der Waals surface area contributed by atoms with Gasteiger partial charge in [0, 0.05) is 7.11 Å². The monoisotopic (exact) mass is 428 g/mol. The molecule has 1 heterocycles. The molecule has 0 aromatic rings. The van der Waals surface area contributed by atoms with Crippen molar-refractivity contribution in [3.8, 4) is 0 Å². The molecule has 0 saturated carbocycles. The molecule has 11 nitrogen and oxygen atoms in total. The van der Waals surface area contributed by atoms with Gasteiger partial charge in [0.25, 0.3) is 0 Å². The van der Waals surface area contributed by atoms with E-state index in [2.05, 4.69) is 0 Å². The quantitative estimate of drug-likeness (QED) is 0.181. The maximum Gasteiger partial charge on any atom is 0.209 e. The lowest BCUT2D eigenvalue weighted by Gasteiger charge is -2.43. The number of aliphatic hydroxyl groups is 6. The van der Waals surface area contributed by atoms with Gasteiger partial charge in [0.15, 0.2) is 6.29 Å². The molecule has 0 aromatic heterocycles. The van der Waals surface area contributed by atoms with Gasteiger partial charge in [-0.25, -0.2) is 0 Å². The molecule has 8 unspecified atom stereocenters. The van der Waals surface area contributed by atoms with Crippen LogP contribution in [0.3, 0.4) is 0 Å². The van der Waals surface area contributed by atoms with E-state index in [0.717, 1.165) is 12.8 Å². The van der Waals surface area contributed by atoms with Crippen molar-refractivity contribution < 1.29 is 54.3 Å². The summed E-state index contributed by atoms with van der Waals surface area (Å²) >= 11 is 0. The normalized spacial score (nSPS) is 31.2. The zero-order valence-corrected chi connectivity index (χ0v) is 17.3. The second-order valence-electron chi connectivity index (χ2n) is 6.96. The van der Waals surface area contributed by atoms with Gasteiger partial charge in [0.05, 0.1) is 25.4 Å². The Hall–Kier alpha value is -0.440. The minimum atomic E-state index is -2.15. The van der Waals surface area contributed by atoms with E-state index in [9.17, 15) is 30.6 Å². The van der Waals surface area contributed by atoms with Crippen LogP contribution >= 0.6 is 0 Å². The molecule has 1 aliphatic heterocycles. The highest BCUT2D eigenvalue weighted by Crippen LogP contribution is 2.26. The zero-order valence-electron chi connectivity index (χ0n) is 17.3. The van der Waals surface area contributed by atoms with Gasteiger partial charge in [-0.05, 0) is 19.8 Å². The summed E-state index contributed by atoms with van der Waals surface area (Å²) in [5.41, 5.74) is 0. The third-order valence-electron chi connectivity index (χ3n) is 4.92. The maximum atomic E-state index is 10.3. The topological polar surface area (TPSA) is 168 Å². The van der Waals surface area contributed by atoms with Crippen LogP contribution in [0.15, 0.2) is 0 Å². The highest BCUT2D eigenvalue weighted by atomic mass is 16.7. The minimum absolute atomic E-state index is 0.0606. The van der Waals surface area contributed by atoms with Crippen molar-refractivity contribution >= 4 is 0 Å². The average Bonchev–Trinajstić information content (AvgIpc) is 2.71. The molecule has 0 spiro atoms. The van der Waals surface area contributed by atoms with E-state index in [-0.39, 0.29) is 6.10 Å². The first-order valence-electron chi connectivity index (χ1n) is 9.82. The van der Waals surface area contributed by atoms with Gasteiger partial charge in [-0.2, -0.15) is 0 Å². The second-order valence-corrected chi connectivity index (χ2v) is 6.96. The average molecular weight is 428 g/mol. The molecule has 11 heteroatoms. The molecule has 8 atom stereocenters. The zero-order chi connectivity index (χ0) is 22.1. The van der Waals surface area contributed by atoms with Crippen molar-refractivity contribution in [3.05, 3.63) is 0 Å². The number of ether oxygens (including phenoxy) is 5. The standard InChI is InChI=1S/C18H36O11/c1-5-10(6-2)26-9(3)11(7-19)27-18(16(23)24)29-15-12(8-20)28-17(25-4)14(22)13(15)21/h9-24H,5-8H2,1-4H3. The highest BCUT2D eigenvalue weighted by molar-refractivity contribution is 4.90. The summed E-state index contributed by atoms with van der Waals surface area (Å²) < 4.78 is 26.9. The van der Waals surface area contributed by atoms with Crippen molar-refractivity contribution in [2.75, 3.05) is 20.3 Å². The lowest BCUT2D eigenvalue weighted by Crippen LogP contribution is -2.61. The van der Waals surface area contributed by atoms with Crippen LogP contribution in [0.1, 0.15) is 33.6 Å². The van der Waals surface area contributed by atoms with Crippen LogP contribution in [-0.4, -0.2) is 113 Å². The molecular formula is C18H36O11. The number of aliphatic hydroxyl groups excluding tert-OH is 5. The summed E-state index contributed by atoms with van der Waals surface area (Å²) in [7, 11) is 1.26. The first-order valence-corrected chi connectivity index (χ1v) is 9.82. The largest absolute Gasteiger partial charge is 0.394 e. The number of methoxy groups -OCH3 is 1. The Morgan fingerprint density at radius 3 is 2.07 bits per heavy atom. The lowest BCUT2D eigenvalue weighted by molar-refractivity contribution is -0.352. The molecule has 0 aromatic carbocycles. The van der Waals surface area contributed by atoms with Gasteiger partial charge < -0.3 is 54.3 Å². The summed E-state index contributed by atoms with van der Waals surface area (Å²) in [6, 6.07) is 0. The first kappa shape index (κ1) is 26.6. The smallest absolute Gasteiger partial charge is 0.209 e. The number of hydrogen-bond donors (Lipinski definition) is 6. The van der Waals surface area contributed by atoms with Gasteiger partial charge >= 0.3 is 0 Å². The van der Waals surface area contributed by atoms with Crippen molar-refractivity contribution in [2.45, 2.75) is 95.2 Å². The summed E-state index contributed by atoms with van der Waals surface area (Å²) in [5, 5.41) is 58.9. The molecule has 0 radical (unpaired) electrons. The van der Waals surface area contributed by atoms with Crippen LogP contribution in [0.25, 0.3) is 0 Å². The molecule has 0 aliphatic carbocycles. The Morgan fingerprint density at radius 1 is 1.00 bits per heavy atom. The Labute approximate surface area is 170 Å². The van der Waals surface area contributed by atoms with Crippen LogP contribution in [0.5, 0.6) is 0 Å². The summed E-state index contributed by atoms with van der Waals surface area (Å²) in [5.74, 6) is 0. The highest BCUT2D eigenvalue weighted by Gasteiger charge is 2.47. The molecular weight excluding hydrogens is 392 g/mol. The third-order valence-corrected chi connectivity index (χ3v) is 4.92. The molecule has 1 fully saturated rings. The number of rotatable bonds is 13. The summed E-state index contributed by atoms with van der Waals surface area (Å²) in [6.07, 6.45) is -10.7. The summed E-state index contributed by atoms with van der Waals surface area (Å²) in [4.78, 5) is 0. The SMILES string of the molecule is CCC(CC)OC(C)C(CO)OC(OC1C(CO)OC(OC)C(O)C1O)C(O)O. The van der Waals surface area contributed by atoms with E-state index < -0.39 is 68.7 Å². The van der Waals surface area contributed by atoms with Crippen LogP contribution in [0, 0.1) is 0 Å². The predicted octanol–water partition coefficient (Wildman–Crippen LogP) is -1.93. The van der Waals surface area contributed by atoms with E-state index in [0.29, 0.717) is 0 Å². The van der Waals surface area contributed by atoms with Gasteiger partial charge in [-0.15, -0.1) is 0 Å². The van der Waals surface area contributed by atoms with Crippen molar-refractivity contribution in [3.63, 3.8) is 0 Å². The summed E-state index contributed by atoms with van der Waals surface area (Å²) in [6.45, 7) is 4.49. The fraction of sp³-hybridized carbons (Fsp3) is 1.00. The minimum Gasteiger partial charge on any atom is -0.394 e. The molecule has 0 amide bonds. The second kappa shape index (κ2) is 13.1. The molecule has 1 saturated heterocycles. The fourth-order valence-electron chi connectivity index (χ4n) is 3.09. The molecule has 6 N–H and O–H groups in total. The van der Waals surface area contributed by atoms with Crippen LogP contribution in [0.2, 0.25) is 0 Å². The fourth-order valence-corrected chi connectivity index (χ4v) is 3.09. The molecule has 29 heavy (non-hydrogen) atoms. The Kier molecular flexibility index (Phi) is 12.0. The maximum absolute atomic E-state index is 10.3. The molecule has 1 rings (SSSR count). The van der Waals surface area contributed by atoms with E-state index in [1.54, 1.807) is 6.92 Å². The lowest BCUT2D eigenvalue weighted by atomic mass is 9.99. The third kappa shape index (κ3) is 7.33. The van der Waals surface area contributed by atoms with Crippen molar-refractivity contribution in [1.29, 1.82) is 0 Å². The number of hydrogen-bond acceptors (Lipinski definition) is 11. The van der Waals surface area contributed by atoms with Crippen molar-refractivity contribution in [1.82, 2.24) is 0 Å². The molecule has 1 aliphatic rings. The van der Waals surface area contributed by atoms with Gasteiger partial charge in [-0.3, -0.25) is 0 Å². The van der Waals surface area contributed by atoms with Gasteiger partial charge in [-0.1, -0.05) is 13.8 Å². The van der Waals surface area contributed by atoms with Crippen LogP contribution < -0.4 is 0 Å². The molecule has 174 valence electrons. The Bertz CT molecular complexity index is 432. The van der Waals surface area contributed by atoms with E-state index in [1.165, 1.54) is 7.11 Å². The Balaban J connectivity index is 2.87.